The SMILES string of the molecule is CC(C)C(=O)OCC(O)COC(=O)c1ccccc1. The van der Waals surface area contributed by atoms with Crippen LogP contribution >= 0.6 is 0 Å². The van der Waals surface area contributed by atoms with Crippen LogP contribution in [0.15, 0.2) is 30.3 Å². The molecule has 5 heteroatoms. The van der Waals surface area contributed by atoms with Gasteiger partial charge in [-0.3, -0.25) is 4.79 Å². The molecule has 0 saturated heterocycles. The first-order chi connectivity index (χ1) is 9.00. The van der Waals surface area contributed by atoms with Crippen LogP contribution in [0, 0.1) is 5.92 Å². The van der Waals surface area contributed by atoms with E-state index >= 15 is 0 Å². The molecule has 0 saturated carbocycles. The summed E-state index contributed by atoms with van der Waals surface area (Å²) < 4.78 is 9.73. The molecule has 0 aromatic heterocycles. The fourth-order valence-corrected chi connectivity index (χ4v) is 1.22. The molecule has 0 aliphatic carbocycles. The van der Waals surface area contributed by atoms with Gasteiger partial charge in [0.1, 0.15) is 19.3 Å². The maximum atomic E-state index is 11.6. The number of esters is 2. The van der Waals surface area contributed by atoms with Crippen molar-refractivity contribution in [1.29, 1.82) is 0 Å². The second-order valence-electron chi connectivity index (χ2n) is 4.40. The van der Waals surface area contributed by atoms with Gasteiger partial charge in [0.05, 0.1) is 11.5 Å². The van der Waals surface area contributed by atoms with Crippen molar-refractivity contribution in [3.63, 3.8) is 0 Å². The average molecular weight is 266 g/mol. The van der Waals surface area contributed by atoms with E-state index in [0.717, 1.165) is 0 Å². The Morgan fingerprint density at radius 3 is 2.26 bits per heavy atom. The Labute approximate surface area is 112 Å². The summed E-state index contributed by atoms with van der Waals surface area (Å²) in [5.41, 5.74) is 0.411. The van der Waals surface area contributed by atoms with Crippen LogP contribution in [0.5, 0.6) is 0 Å². The van der Waals surface area contributed by atoms with Crippen molar-refractivity contribution in [2.45, 2.75) is 20.0 Å². The van der Waals surface area contributed by atoms with Crippen LogP contribution in [-0.2, 0) is 14.3 Å². The second kappa shape index (κ2) is 7.53. The number of aliphatic hydroxyl groups excluding tert-OH is 1. The molecule has 0 radical (unpaired) electrons. The van der Waals surface area contributed by atoms with E-state index in [-0.39, 0.29) is 19.1 Å². The van der Waals surface area contributed by atoms with E-state index < -0.39 is 18.0 Å². The van der Waals surface area contributed by atoms with Crippen LogP contribution in [0.1, 0.15) is 24.2 Å². The van der Waals surface area contributed by atoms with Gasteiger partial charge in [-0.1, -0.05) is 32.0 Å². The molecule has 19 heavy (non-hydrogen) atoms. The number of benzene rings is 1. The summed E-state index contributed by atoms with van der Waals surface area (Å²) in [5, 5.41) is 9.52. The molecule has 0 fully saturated rings. The molecule has 0 amide bonds. The third-order valence-electron chi connectivity index (χ3n) is 2.31. The molecule has 1 rings (SSSR count). The highest BCUT2D eigenvalue weighted by Crippen LogP contribution is 2.02. The first-order valence-electron chi connectivity index (χ1n) is 6.07. The molecule has 1 unspecified atom stereocenters. The van der Waals surface area contributed by atoms with Gasteiger partial charge < -0.3 is 14.6 Å². The van der Waals surface area contributed by atoms with Gasteiger partial charge in [-0.25, -0.2) is 4.79 Å². The number of ether oxygens (including phenoxy) is 2. The Kier molecular flexibility index (Phi) is 6.02. The van der Waals surface area contributed by atoms with Gasteiger partial charge in [-0.05, 0) is 12.1 Å². The maximum Gasteiger partial charge on any atom is 0.338 e. The van der Waals surface area contributed by atoms with E-state index in [4.69, 9.17) is 9.47 Å². The van der Waals surface area contributed by atoms with E-state index in [1.54, 1.807) is 44.2 Å². The lowest BCUT2D eigenvalue weighted by molar-refractivity contribution is -0.151. The van der Waals surface area contributed by atoms with Crippen molar-refractivity contribution < 1.29 is 24.2 Å². The van der Waals surface area contributed by atoms with E-state index in [9.17, 15) is 14.7 Å². The largest absolute Gasteiger partial charge is 0.463 e. The molecular formula is C14H18O5. The Hall–Kier alpha value is -1.88. The Bertz CT molecular complexity index is 413. The molecule has 104 valence electrons. The number of carbonyl (C=O) groups excluding carboxylic acids is 2. The highest BCUT2D eigenvalue weighted by atomic mass is 16.6. The molecule has 1 aromatic rings. The predicted molar refractivity (Wildman–Crippen MR) is 68.5 cm³/mol. The molecule has 1 aromatic carbocycles. The second-order valence-corrected chi connectivity index (χ2v) is 4.40. The number of aliphatic hydroxyl groups is 1. The molecule has 0 bridgehead atoms. The normalized spacial score (nSPS) is 12.0. The topological polar surface area (TPSA) is 72.8 Å². The minimum Gasteiger partial charge on any atom is -0.463 e. The fourth-order valence-electron chi connectivity index (χ4n) is 1.22. The van der Waals surface area contributed by atoms with Crippen LogP contribution in [0.25, 0.3) is 0 Å². The minimum absolute atomic E-state index is 0.181. The van der Waals surface area contributed by atoms with Gasteiger partial charge in [0.15, 0.2) is 0 Å². The summed E-state index contributed by atoms with van der Waals surface area (Å²) in [6.07, 6.45) is -1.02. The van der Waals surface area contributed by atoms with Crippen molar-refractivity contribution in [3.8, 4) is 0 Å². The summed E-state index contributed by atoms with van der Waals surface area (Å²) in [6, 6.07) is 8.47. The van der Waals surface area contributed by atoms with E-state index in [0.29, 0.717) is 5.56 Å². The molecule has 0 aliphatic heterocycles. The third-order valence-corrected chi connectivity index (χ3v) is 2.31. The molecule has 1 N–H and O–H groups in total. The zero-order valence-electron chi connectivity index (χ0n) is 11.0. The van der Waals surface area contributed by atoms with E-state index in [1.165, 1.54) is 0 Å². The highest BCUT2D eigenvalue weighted by molar-refractivity contribution is 5.89. The van der Waals surface area contributed by atoms with Gasteiger partial charge in [0.2, 0.25) is 0 Å². The first kappa shape index (κ1) is 15.2. The van der Waals surface area contributed by atoms with E-state index in [2.05, 4.69) is 0 Å². The fraction of sp³-hybridized carbons (Fsp3) is 0.429. The number of carbonyl (C=O) groups is 2. The van der Waals surface area contributed by atoms with Crippen molar-refractivity contribution in [2.75, 3.05) is 13.2 Å². The van der Waals surface area contributed by atoms with Gasteiger partial charge in [0, 0.05) is 0 Å². The molecule has 0 spiro atoms. The molecule has 1 atom stereocenters. The quantitative estimate of drug-likeness (QED) is 0.788. The van der Waals surface area contributed by atoms with Gasteiger partial charge in [-0.15, -0.1) is 0 Å². The van der Waals surface area contributed by atoms with Crippen LogP contribution in [0.2, 0.25) is 0 Å². The zero-order chi connectivity index (χ0) is 14.3. The average Bonchev–Trinajstić information content (AvgIpc) is 2.42. The minimum atomic E-state index is -1.02. The van der Waals surface area contributed by atoms with Crippen molar-refractivity contribution in [2.24, 2.45) is 5.92 Å². The summed E-state index contributed by atoms with van der Waals surface area (Å²) in [7, 11) is 0. The highest BCUT2D eigenvalue weighted by Gasteiger charge is 2.14. The lowest BCUT2D eigenvalue weighted by atomic mass is 10.2. The number of hydrogen-bond donors (Lipinski definition) is 1. The lowest BCUT2D eigenvalue weighted by Gasteiger charge is -2.13. The van der Waals surface area contributed by atoms with Crippen LogP contribution in [-0.4, -0.2) is 36.4 Å². The molecule has 0 aliphatic rings. The van der Waals surface area contributed by atoms with Crippen LogP contribution < -0.4 is 0 Å². The van der Waals surface area contributed by atoms with E-state index in [1.807, 2.05) is 0 Å². The van der Waals surface area contributed by atoms with Gasteiger partial charge >= 0.3 is 11.9 Å². The monoisotopic (exact) mass is 266 g/mol. The lowest BCUT2D eigenvalue weighted by Crippen LogP contribution is -2.26. The smallest absolute Gasteiger partial charge is 0.338 e. The van der Waals surface area contributed by atoms with Crippen molar-refractivity contribution in [3.05, 3.63) is 35.9 Å². The van der Waals surface area contributed by atoms with Gasteiger partial charge in [-0.2, -0.15) is 0 Å². The van der Waals surface area contributed by atoms with Crippen LogP contribution in [0.3, 0.4) is 0 Å². The summed E-state index contributed by atoms with van der Waals surface area (Å²) in [4.78, 5) is 22.7. The maximum absolute atomic E-state index is 11.6. The predicted octanol–water partition coefficient (Wildman–Crippen LogP) is 1.40. The zero-order valence-corrected chi connectivity index (χ0v) is 11.0. The summed E-state index contributed by atoms with van der Waals surface area (Å²) in [5.74, 6) is -1.16. The number of hydrogen-bond acceptors (Lipinski definition) is 5. The summed E-state index contributed by atoms with van der Waals surface area (Å²) >= 11 is 0. The molecule has 5 nitrogen and oxygen atoms in total. The van der Waals surface area contributed by atoms with Crippen molar-refractivity contribution >= 4 is 11.9 Å². The third kappa shape index (κ3) is 5.52. The Morgan fingerprint density at radius 1 is 1.11 bits per heavy atom. The first-order valence-corrected chi connectivity index (χ1v) is 6.07. The Balaban J connectivity index is 2.29. The molecular weight excluding hydrogens is 248 g/mol. The standard InChI is InChI=1S/C14H18O5/c1-10(2)13(16)18-8-12(15)9-19-14(17)11-6-4-3-5-7-11/h3-7,10,12,15H,8-9H2,1-2H3. The summed E-state index contributed by atoms with van der Waals surface area (Å²) in [6.45, 7) is 3.01. The molecule has 0 heterocycles. The number of rotatable bonds is 6. The van der Waals surface area contributed by atoms with Crippen molar-refractivity contribution in [1.82, 2.24) is 0 Å². The Morgan fingerprint density at radius 2 is 1.68 bits per heavy atom. The van der Waals surface area contributed by atoms with Gasteiger partial charge in [0.25, 0.3) is 0 Å². The van der Waals surface area contributed by atoms with Crippen LogP contribution in [0.4, 0.5) is 0 Å².